The van der Waals surface area contributed by atoms with E-state index in [0.29, 0.717) is 0 Å². The maximum Gasteiger partial charge on any atom is 0.143 e. The van der Waals surface area contributed by atoms with Gasteiger partial charge in [0.1, 0.15) is 22.3 Å². The lowest BCUT2D eigenvalue weighted by Gasteiger charge is -2.11. The Balaban J connectivity index is 0.929. The first-order chi connectivity index (χ1) is 27.8. The summed E-state index contributed by atoms with van der Waals surface area (Å²) in [7, 11) is 0. The van der Waals surface area contributed by atoms with Gasteiger partial charge < -0.3 is 8.83 Å². The first-order valence-corrected chi connectivity index (χ1v) is 18.9. The van der Waals surface area contributed by atoms with Crippen LogP contribution in [-0.4, -0.2) is 9.97 Å². The molecular formula is C52H30N2O2. The normalized spacial score (nSPS) is 11.9. The molecule has 0 radical (unpaired) electrons. The number of hydrogen-bond donors (Lipinski definition) is 0. The number of rotatable bonds is 4. The summed E-state index contributed by atoms with van der Waals surface area (Å²) in [6.07, 6.45) is 1.90. The molecule has 0 atom stereocenters. The molecule has 0 aliphatic carbocycles. The summed E-state index contributed by atoms with van der Waals surface area (Å²) in [5.41, 5.74) is 13.6. The minimum absolute atomic E-state index is 0.853. The first kappa shape index (κ1) is 30.9. The van der Waals surface area contributed by atoms with E-state index >= 15 is 0 Å². The van der Waals surface area contributed by atoms with E-state index in [1.165, 1.54) is 10.8 Å². The highest BCUT2D eigenvalue weighted by Gasteiger charge is 2.19. The smallest absolute Gasteiger partial charge is 0.143 e. The standard InChI is InChI=1S/C52H30N2O2/c1-3-16-39-36(13-1)37-14-2-4-17-40(37)49-48(39)53-30-46(54-49)32-27-25-31(26-28-32)33-11-7-12-34(29-33)35-18-8-20-42-44-22-10-23-45(52(44)56-50(35)42)43-21-9-19-41-38-15-5-6-24-47(38)55-51(41)43/h1-30H. The molecule has 0 saturated carbocycles. The molecule has 3 aromatic heterocycles. The molecule has 0 unspecified atom stereocenters. The highest BCUT2D eigenvalue weighted by atomic mass is 16.3. The number of fused-ring (bicyclic) bond motifs is 12. The minimum Gasteiger partial charge on any atom is -0.455 e. The summed E-state index contributed by atoms with van der Waals surface area (Å²) in [5.74, 6) is 0. The SMILES string of the molecule is c1cc(-c2ccc(-c3cnc4c5ccccc5c5ccccc5c4n3)cc2)cc(-c2cccc3c2oc2c(-c4cccc5c4oc4ccccc45)cccc23)c1. The topological polar surface area (TPSA) is 52.1 Å². The van der Waals surface area contributed by atoms with Crippen molar-refractivity contribution in [2.24, 2.45) is 0 Å². The average Bonchev–Trinajstić information content (AvgIpc) is 3.86. The van der Waals surface area contributed by atoms with Crippen molar-refractivity contribution in [1.82, 2.24) is 9.97 Å². The van der Waals surface area contributed by atoms with Crippen molar-refractivity contribution >= 4 is 76.5 Å². The van der Waals surface area contributed by atoms with Gasteiger partial charge in [0, 0.05) is 54.6 Å². The molecule has 0 saturated heterocycles. The third-order valence-electron chi connectivity index (χ3n) is 11.3. The molecule has 12 rings (SSSR count). The number of hydrogen-bond acceptors (Lipinski definition) is 4. The second-order valence-electron chi connectivity index (χ2n) is 14.4. The lowest BCUT2D eigenvalue weighted by atomic mass is 9.96. The van der Waals surface area contributed by atoms with E-state index in [0.717, 1.165) is 110 Å². The fraction of sp³-hybridized carbons (Fsp3) is 0. The van der Waals surface area contributed by atoms with Gasteiger partial charge in [-0.2, -0.15) is 0 Å². The van der Waals surface area contributed by atoms with E-state index in [1.54, 1.807) is 0 Å². The molecule has 0 aliphatic heterocycles. The summed E-state index contributed by atoms with van der Waals surface area (Å²) < 4.78 is 13.3. The molecule has 0 aliphatic rings. The zero-order valence-corrected chi connectivity index (χ0v) is 30.0. The molecule has 56 heavy (non-hydrogen) atoms. The summed E-state index contributed by atoms with van der Waals surface area (Å²) in [6, 6.07) is 61.6. The number of aromatic nitrogens is 2. The molecule has 3 heterocycles. The fourth-order valence-corrected chi connectivity index (χ4v) is 8.68. The summed E-state index contributed by atoms with van der Waals surface area (Å²) in [6.45, 7) is 0. The van der Waals surface area contributed by atoms with E-state index < -0.39 is 0 Å². The molecule has 0 bridgehead atoms. The van der Waals surface area contributed by atoms with Crippen LogP contribution in [-0.2, 0) is 0 Å². The molecule has 12 aromatic rings. The van der Waals surface area contributed by atoms with Gasteiger partial charge in [-0.25, -0.2) is 4.98 Å². The van der Waals surface area contributed by atoms with Crippen LogP contribution in [0.1, 0.15) is 0 Å². The van der Waals surface area contributed by atoms with Crippen LogP contribution < -0.4 is 0 Å². The van der Waals surface area contributed by atoms with Crippen LogP contribution in [0.2, 0.25) is 0 Å². The Morgan fingerprint density at radius 2 is 0.821 bits per heavy atom. The van der Waals surface area contributed by atoms with Gasteiger partial charge in [0.2, 0.25) is 0 Å². The largest absolute Gasteiger partial charge is 0.455 e. The predicted molar refractivity (Wildman–Crippen MR) is 231 cm³/mol. The van der Waals surface area contributed by atoms with Crippen LogP contribution in [0, 0.1) is 0 Å². The fourth-order valence-electron chi connectivity index (χ4n) is 8.68. The van der Waals surface area contributed by atoms with E-state index in [-0.39, 0.29) is 0 Å². The lowest BCUT2D eigenvalue weighted by Crippen LogP contribution is -1.92. The quantitative estimate of drug-likeness (QED) is 0.170. The van der Waals surface area contributed by atoms with Gasteiger partial charge in [0.25, 0.3) is 0 Å². The van der Waals surface area contributed by atoms with Crippen molar-refractivity contribution in [2.75, 3.05) is 0 Å². The predicted octanol–water partition coefficient (Wildman–Crippen LogP) is 14.4. The lowest BCUT2D eigenvalue weighted by molar-refractivity contribution is 0.665. The molecule has 0 N–H and O–H groups in total. The van der Waals surface area contributed by atoms with Gasteiger partial charge in [-0.15, -0.1) is 0 Å². The molecule has 9 aromatic carbocycles. The van der Waals surface area contributed by atoms with Gasteiger partial charge in [-0.3, -0.25) is 4.98 Å². The molecular weight excluding hydrogens is 685 g/mol. The van der Waals surface area contributed by atoms with E-state index in [2.05, 4.69) is 164 Å². The van der Waals surface area contributed by atoms with Gasteiger partial charge in [-0.05, 0) is 39.6 Å². The summed E-state index contributed by atoms with van der Waals surface area (Å²) in [5, 5.41) is 9.00. The van der Waals surface area contributed by atoms with Crippen LogP contribution in [0.3, 0.4) is 0 Å². The Kier molecular flexibility index (Phi) is 6.60. The van der Waals surface area contributed by atoms with Gasteiger partial charge in [0.15, 0.2) is 0 Å². The number of nitrogens with zero attached hydrogens (tertiary/aromatic N) is 2. The maximum absolute atomic E-state index is 6.88. The Labute approximate surface area is 320 Å². The van der Waals surface area contributed by atoms with E-state index in [9.17, 15) is 0 Å². The third kappa shape index (κ3) is 4.60. The Hall–Kier alpha value is -7.56. The van der Waals surface area contributed by atoms with Crippen LogP contribution >= 0.6 is 0 Å². The molecule has 4 heteroatoms. The monoisotopic (exact) mass is 714 g/mol. The van der Waals surface area contributed by atoms with E-state index in [1.807, 2.05) is 18.3 Å². The molecule has 0 spiro atoms. The highest BCUT2D eigenvalue weighted by Crippen LogP contribution is 2.43. The van der Waals surface area contributed by atoms with Gasteiger partial charge >= 0.3 is 0 Å². The van der Waals surface area contributed by atoms with Crippen LogP contribution in [0.25, 0.3) is 121 Å². The van der Waals surface area contributed by atoms with Crippen molar-refractivity contribution in [3.63, 3.8) is 0 Å². The van der Waals surface area contributed by atoms with Crippen LogP contribution in [0.4, 0.5) is 0 Å². The maximum atomic E-state index is 6.88. The Morgan fingerprint density at radius 3 is 1.54 bits per heavy atom. The van der Waals surface area contributed by atoms with Crippen LogP contribution in [0.5, 0.6) is 0 Å². The number of benzene rings is 9. The molecule has 260 valence electrons. The summed E-state index contributed by atoms with van der Waals surface area (Å²) >= 11 is 0. The van der Waals surface area contributed by atoms with Crippen LogP contribution in [0.15, 0.2) is 191 Å². The molecule has 0 amide bonds. The highest BCUT2D eigenvalue weighted by molar-refractivity contribution is 6.23. The zero-order valence-electron chi connectivity index (χ0n) is 30.0. The molecule has 4 nitrogen and oxygen atoms in total. The second-order valence-corrected chi connectivity index (χ2v) is 14.4. The van der Waals surface area contributed by atoms with Crippen molar-refractivity contribution < 1.29 is 8.83 Å². The third-order valence-corrected chi connectivity index (χ3v) is 11.3. The van der Waals surface area contributed by atoms with Gasteiger partial charge in [0.05, 0.1) is 22.9 Å². The Morgan fingerprint density at radius 1 is 0.321 bits per heavy atom. The number of para-hydroxylation sites is 4. The average molecular weight is 715 g/mol. The van der Waals surface area contributed by atoms with Crippen molar-refractivity contribution in [3.8, 4) is 44.6 Å². The zero-order chi connectivity index (χ0) is 36.7. The summed E-state index contributed by atoms with van der Waals surface area (Å²) in [4.78, 5) is 10.2. The van der Waals surface area contributed by atoms with Crippen molar-refractivity contribution in [2.45, 2.75) is 0 Å². The molecule has 0 fully saturated rings. The van der Waals surface area contributed by atoms with E-state index in [4.69, 9.17) is 18.8 Å². The second kappa shape index (κ2) is 12.0. The minimum atomic E-state index is 0.853. The van der Waals surface area contributed by atoms with Crippen molar-refractivity contribution in [3.05, 3.63) is 182 Å². The number of furan rings is 2. The first-order valence-electron chi connectivity index (χ1n) is 18.9. The van der Waals surface area contributed by atoms with Crippen molar-refractivity contribution in [1.29, 1.82) is 0 Å². The Bertz CT molecular complexity index is 3500. The van der Waals surface area contributed by atoms with Gasteiger partial charge in [-0.1, -0.05) is 164 Å².